The summed E-state index contributed by atoms with van der Waals surface area (Å²) < 4.78 is 0. The zero-order valence-electron chi connectivity index (χ0n) is 10.2. The Morgan fingerprint density at radius 3 is 2.82 bits per heavy atom. The Kier molecular flexibility index (Phi) is 4.29. The van der Waals surface area contributed by atoms with Gasteiger partial charge in [-0.3, -0.25) is 9.88 Å². The van der Waals surface area contributed by atoms with Gasteiger partial charge in [0.05, 0.1) is 0 Å². The normalized spacial score (nSPS) is 18.9. The quantitative estimate of drug-likeness (QED) is 0.808. The maximum absolute atomic E-state index is 10.2. The molecule has 1 saturated heterocycles. The van der Waals surface area contributed by atoms with Crippen molar-refractivity contribution in [3.63, 3.8) is 0 Å². The fourth-order valence-electron chi connectivity index (χ4n) is 2.26. The number of piperidine rings is 1. The molecular weight excluding hydrogens is 212 g/mol. The minimum atomic E-state index is -0.592. The fraction of sp³-hybridized carbons (Fsp3) is 0.500. The van der Waals surface area contributed by atoms with Gasteiger partial charge in [-0.05, 0) is 37.6 Å². The maximum Gasteiger partial charge on any atom is 0.103 e. The van der Waals surface area contributed by atoms with Crippen molar-refractivity contribution >= 4 is 0 Å². The van der Waals surface area contributed by atoms with Gasteiger partial charge in [-0.1, -0.05) is 19.1 Å². The number of hydrogen-bond acceptors (Lipinski definition) is 3. The molecule has 1 fully saturated rings. The molecule has 1 aromatic heterocycles. The Balaban J connectivity index is 1.91. The number of aromatic nitrogens is 1. The molecule has 0 spiro atoms. The molecule has 0 bridgehead atoms. The van der Waals surface area contributed by atoms with Crippen LogP contribution in [-0.4, -0.2) is 34.6 Å². The zero-order valence-corrected chi connectivity index (χ0v) is 10.2. The molecule has 0 saturated carbocycles. The summed E-state index contributed by atoms with van der Waals surface area (Å²) in [7, 11) is 0. The summed E-state index contributed by atoms with van der Waals surface area (Å²) in [5.41, 5.74) is 1.69. The monoisotopic (exact) mass is 232 g/mol. The molecule has 3 heteroatoms. The highest BCUT2D eigenvalue weighted by Crippen LogP contribution is 2.21. The number of rotatable bonds is 4. The summed E-state index contributed by atoms with van der Waals surface area (Å²) in [5, 5.41) is 10.2. The van der Waals surface area contributed by atoms with Crippen LogP contribution in [0.1, 0.15) is 30.9 Å². The van der Waals surface area contributed by atoms with Gasteiger partial charge in [-0.2, -0.15) is 0 Å². The molecule has 2 rings (SSSR count). The fourth-order valence-corrected chi connectivity index (χ4v) is 2.26. The van der Waals surface area contributed by atoms with Crippen molar-refractivity contribution in [2.75, 3.05) is 19.6 Å². The minimum Gasteiger partial charge on any atom is -0.384 e. The van der Waals surface area contributed by atoms with Gasteiger partial charge in [0.1, 0.15) is 6.10 Å². The van der Waals surface area contributed by atoms with Gasteiger partial charge >= 0.3 is 0 Å². The number of pyridine rings is 1. The predicted octanol–water partition coefficient (Wildman–Crippen LogP) is 2.16. The first-order valence-corrected chi connectivity index (χ1v) is 6.25. The third-order valence-corrected chi connectivity index (χ3v) is 3.26. The highest BCUT2D eigenvalue weighted by Gasteiger charge is 2.16. The highest BCUT2D eigenvalue weighted by atomic mass is 16.3. The van der Waals surface area contributed by atoms with Gasteiger partial charge in [-0.15, -0.1) is 0 Å². The summed E-state index contributed by atoms with van der Waals surface area (Å²) in [6.45, 7) is 7.04. The molecule has 0 aliphatic carbocycles. The van der Waals surface area contributed by atoms with E-state index in [-0.39, 0.29) is 0 Å². The van der Waals surface area contributed by atoms with Crippen LogP contribution >= 0.6 is 0 Å². The number of aliphatic hydroxyl groups is 1. The number of aliphatic hydroxyl groups excluding tert-OH is 1. The summed E-state index contributed by atoms with van der Waals surface area (Å²) in [5.74, 6) is 0. The van der Waals surface area contributed by atoms with Crippen LogP contribution < -0.4 is 0 Å². The van der Waals surface area contributed by atoms with Crippen LogP contribution in [0.4, 0.5) is 0 Å². The number of likely N-dealkylation sites (tertiary alicyclic amines) is 1. The Morgan fingerprint density at radius 2 is 2.18 bits per heavy atom. The molecule has 1 aliphatic rings. The number of hydrogen-bond donors (Lipinski definition) is 1. The van der Waals surface area contributed by atoms with Crippen molar-refractivity contribution in [2.45, 2.75) is 25.4 Å². The molecule has 0 radical (unpaired) electrons. The lowest BCUT2D eigenvalue weighted by Gasteiger charge is -2.28. The first kappa shape index (κ1) is 12.3. The molecule has 1 aliphatic heterocycles. The predicted molar refractivity (Wildman–Crippen MR) is 68.6 cm³/mol. The second-order valence-corrected chi connectivity index (χ2v) is 4.68. The lowest BCUT2D eigenvalue weighted by atomic mass is 10.0. The summed E-state index contributed by atoms with van der Waals surface area (Å²) in [6, 6.07) is 3.73. The van der Waals surface area contributed by atoms with Gasteiger partial charge in [0.15, 0.2) is 0 Å². The Morgan fingerprint density at radius 1 is 1.41 bits per heavy atom. The van der Waals surface area contributed by atoms with E-state index in [2.05, 4.69) is 16.5 Å². The Labute approximate surface area is 103 Å². The summed E-state index contributed by atoms with van der Waals surface area (Å²) >= 11 is 0. The van der Waals surface area contributed by atoms with Crippen LogP contribution in [0.3, 0.4) is 0 Å². The van der Waals surface area contributed by atoms with E-state index in [0.29, 0.717) is 0 Å². The molecule has 2 heterocycles. The van der Waals surface area contributed by atoms with E-state index in [0.717, 1.165) is 30.8 Å². The highest BCUT2D eigenvalue weighted by molar-refractivity contribution is 5.22. The molecule has 3 nitrogen and oxygen atoms in total. The summed E-state index contributed by atoms with van der Waals surface area (Å²) in [4.78, 5) is 6.39. The number of nitrogens with zero attached hydrogens (tertiary/aromatic N) is 2. The first-order valence-electron chi connectivity index (χ1n) is 6.25. The second-order valence-electron chi connectivity index (χ2n) is 4.68. The Bertz CT molecular complexity index is 358. The average Bonchev–Trinajstić information content (AvgIpc) is 2.40. The van der Waals surface area contributed by atoms with Crippen LogP contribution in [-0.2, 0) is 0 Å². The van der Waals surface area contributed by atoms with E-state index in [4.69, 9.17) is 0 Å². The standard InChI is InChI=1S/C14H20N2O/c1-12(11-16-8-3-2-4-9-16)14(17)13-6-5-7-15-10-13/h5-7,10,14,17H,1-4,8-9,11H2. The first-order chi connectivity index (χ1) is 8.27. The minimum absolute atomic E-state index is 0.592. The van der Waals surface area contributed by atoms with Crippen molar-refractivity contribution in [2.24, 2.45) is 0 Å². The molecule has 1 aromatic rings. The van der Waals surface area contributed by atoms with Crippen LogP contribution in [0.25, 0.3) is 0 Å². The van der Waals surface area contributed by atoms with Crippen molar-refractivity contribution in [1.82, 2.24) is 9.88 Å². The van der Waals surface area contributed by atoms with E-state index < -0.39 is 6.10 Å². The van der Waals surface area contributed by atoms with Crippen molar-refractivity contribution in [3.8, 4) is 0 Å². The van der Waals surface area contributed by atoms with Crippen LogP contribution in [0.15, 0.2) is 36.7 Å². The van der Waals surface area contributed by atoms with Gasteiger partial charge < -0.3 is 5.11 Å². The lowest BCUT2D eigenvalue weighted by Crippen LogP contribution is -2.32. The van der Waals surface area contributed by atoms with Gasteiger partial charge in [0, 0.05) is 24.5 Å². The topological polar surface area (TPSA) is 36.4 Å². The SMILES string of the molecule is C=C(CN1CCCCC1)C(O)c1cccnc1. The van der Waals surface area contributed by atoms with E-state index >= 15 is 0 Å². The molecular formula is C14H20N2O. The van der Waals surface area contributed by atoms with Crippen LogP contribution in [0, 0.1) is 0 Å². The second kappa shape index (κ2) is 5.94. The zero-order chi connectivity index (χ0) is 12.1. The molecule has 17 heavy (non-hydrogen) atoms. The van der Waals surface area contributed by atoms with E-state index in [1.807, 2.05) is 12.1 Å². The van der Waals surface area contributed by atoms with E-state index in [1.165, 1.54) is 19.3 Å². The van der Waals surface area contributed by atoms with Crippen molar-refractivity contribution in [1.29, 1.82) is 0 Å². The van der Waals surface area contributed by atoms with Crippen LogP contribution in [0.2, 0.25) is 0 Å². The van der Waals surface area contributed by atoms with Gasteiger partial charge in [0.25, 0.3) is 0 Å². The lowest BCUT2D eigenvalue weighted by molar-refractivity contribution is 0.184. The molecule has 1 atom stereocenters. The van der Waals surface area contributed by atoms with E-state index in [9.17, 15) is 5.11 Å². The molecule has 0 aromatic carbocycles. The van der Waals surface area contributed by atoms with Gasteiger partial charge in [-0.25, -0.2) is 0 Å². The van der Waals surface area contributed by atoms with Crippen molar-refractivity contribution in [3.05, 3.63) is 42.2 Å². The smallest absolute Gasteiger partial charge is 0.103 e. The summed E-state index contributed by atoms with van der Waals surface area (Å²) in [6.07, 6.45) is 6.67. The molecule has 1 N–H and O–H groups in total. The third-order valence-electron chi connectivity index (χ3n) is 3.26. The molecule has 1 unspecified atom stereocenters. The van der Waals surface area contributed by atoms with Gasteiger partial charge in [0.2, 0.25) is 0 Å². The molecule has 92 valence electrons. The Hall–Kier alpha value is -1.19. The molecule has 0 amide bonds. The van der Waals surface area contributed by atoms with Crippen LogP contribution in [0.5, 0.6) is 0 Å². The van der Waals surface area contributed by atoms with Crippen molar-refractivity contribution < 1.29 is 5.11 Å². The average molecular weight is 232 g/mol. The maximum atomic E-state index is 10.2. The van der Waals surface area contributed by atoms with E-state index in [1.54, 1.807) is 12.4 Å². The third kappa shape index (κ3) is 3.38. The largest absolute Gasteiger partial charge is 0.384 e.